The second kappa shape index (κ2) is 12.5. The van der Waals surface area contributed by atoms with Gasteiger partial charge < -0.3 is 9.13 Å². The SMILES string of the molecule is Cc1ccc(-n2c3ccccc3c3ccccc32)cc1-c1ccnc(-c2cccc(-c3cc(-n4c5ccccc5c5cc(C#N)ccc54)ccc3C)c2)c1. The molecule has 0 aliphatic carbocycles. The monoisotopic (exact) mass is 690 g/mol. The molecule has 0 radical (unpaired) electrons. The van der Waals surface area contributed by atoms with Gasteiger partial charge in [0.1, 0.15) is 0 Å². The van der Waals surface area contributed by atoms with E-state index in [0.717, 1.165) is 55.6 Å². The van der Waals surface area contributed by atoms with Crippen LogP contribution in [0.15, 0.2) is 170 Å². The van der Waals surface area contributed by atoms with E-state index in [2.05, 4.69) is 181 Å². The molecule has 10 rings (SSSR count). The lowest BCUT2D eigenvalue weighted by Gasteiger charge is -2.14. The number of aromatic nitrogens is 3. The molecule has 3 heterocycles. The first-order valence-corrected chi connectivity index (χ1v) is 18.3. The minimum atomic E-state index is 0.662. The van der Waals surface area contributed by atoms with Crippen LogP contribution in [0.3, 0.4) is 0 Å². The molecule has 0 N–H and O–H groups in total. The number of hydrogen-bond acceptors (Lipinski definition) is 2. The van der Waals surface area contributed by atoms with Crippen molar-refractivity contribution in [3.8, 4) is 51.0 Å². The van der Waals surface area contributed by atoms with Gasteiger partial charge in [0.2, 0.25) is 0 Å². The fourth-order valence-electron chi connectivity index (χ4n) is 8.24. The van der Waals surface area contributed by atoms with E-state index in [1.54, 1.807) is 0 Å². The summed E-state index contributed by atoms with van der Waals surface area (Å²) >= 11 is 0. The minimum Gasteiger partial charge on any atom is -0.309 e. The van der Waals surface area contributed by atoms with Gasteiger partial charge in [-0.2, -0.15) is 5.26 Å². The Kier molecular flexibility index (Phi) is 7.28. The van der Waals surface area contributed by atoms with Crippen molar-refractivity contribution in [2.75, 3.05) is 0 Å². The lowest BCUT2D eigenvalue weighted by molar-refractivity contribution is 1.17. The average molecular weight is 691 g/mol. The molecule has 0 bridgehead atoms. The number of hydrogen-bond donors (Lipinski definition) is 0. The molecule has 4 heteroatoms. The van der Waals surface area contributed by atoms with Gasteiger partial charge >= 0.3 is 0 Å². The molecule has 3 aromatic heterocycles. The second-order valence-corrected chi connectivity index (χ2v) is 14.1. The zero-order valence-corrected chi connectivity index (χ0v) is 30.0. The van der Waals surface area contributed by atoms with Gasteiger partial charge in [0.25, 0.3) is 0 Å². The summed E-state index contributed by atoms with van der Waals surface area (Å²) in [7, 11) is 0. The minimum absolute atomic E-state index is 0.662. The Bertz CT molecular complexity index is 3100. The number of aryl methyl sites for hydroxylation is 2. The molecule has 0 spiro atoms. The Morgan fingerprint density at radius 3 is 1.56 bits per heavy atom. The lowest BCUT2D eigenvalue weighted by Crippen LogP contribution is -1.96. The number of para-hydroxylation sites is 3. The smallest absolute Gasteiger partial charge is 0.0991 e. The first kappa shape index (κ1) is 31.5. The van der Waals surface area contributed by atoms with Crippen LogP contribution in [0.5, 0.6) is 0 Å². The van der Waals surface area contributed by atoms with Crippen molar-refractivity contribution in [3.05, 3.63) is 187 Å². The van der Waals surface area contributed by atoms with Crippen LogP contribution in [0.25, 0.3) is 88.5 Å². The van der Waals surface area contributed by atoms with E-state index in [1.165, 1.54) is 44.1 Å². The molecule has 0 aliphatic rings. The van der Waals surface area contributed by atoms with Crippen molar-refractivity contribution in [1.29, 1.82) is 5.26 Å². The Hall–Kier alpha value is -7.22. The predicted octanol–water partition coefficient (Wildman–Crippen LogP) is 12.8. The van der Waals surface area contributed by atoms with Gasteiger partial charge in [0.15, 0.2) is 0 Å². The van der Waals surface area contributed by atoms with Gasteiger partial charge in [-0.05, 0) is 126 Å². The van der Waals surface area contributed by atoms with E-state index < -0.39 is 0 Å². The summed E-state index contributed by atoms with van der Waals surface area (Å²) in [5, 5.41) is 14.3. The van der Waals surface area contributed by atoms with E-state index in [1.807, 2.05) is 18.3 Å². The standard InChI is InChI=1S/C50H34N4/c1-32-18-22-39(54-49-17-8-5-14-42(49)45-26-34(31-51)20-23-50(45)54)29-43(32)35-10-9-11-37(27-35)46-28-36(24-25-52-46)44-30-38(21-19-33(44)2)53-47-15-6-3-12-40(47)41-13-4-7-16-48(41)53/h3-30H,1-2H3. The first-order chi connectivity index (χ1) is 26.6. The van der Waals surface area contributed by atoms with Gasteiger partial charge in [0.05, 0.1) is 39.4 Å². The summed E-state index contributed by atoms with van der Waals surface area (Å²) < 4.78 is 4.68. The molecule has 4 nitrogen and oxygen atoms in total. The molecule has 0 saturated carbocycles. The Morgan fingerprint density at radius 2 is 0.963 bits per heavy atom. The number of fused-ring (bicyclic) bond motifs is 6. The summed E-state index contributed by atoms with van der Waals surface area (Å²) in [6.07, 6.45) is 1.93. The van der Waals surface area contributed by atoms with Gasteiger partial charge in [-0.1, -0.05) is 84.9 Å². The van der Waals surface area contributed by atoms with Gasteiger partial charge in [-0.25, -0.2) is 0 Å². The van der Waals surface area contributed by atoms with Crippen molar-refractivity contribution in [2.45, 2.75) is 13.8 Å². The van der Waals surface area contributed by atoms with Crippen LogP contribution in [0.2, 0.25) is 0 Å². The average Bonchev–Trinajstić information content (AvgIpc) is 3.74. The predicted molar refractivity (Wildman–Crippen MR) is 223 cm³/mol. The number of benzene rings is 7. The molecule has 54 heavy (non-hydrogen) atoms. The Labute approximate surface area is 313 Å². The third kappa shape index (κ3) is 5.02. The van der Waals surface area contributed by atoms with Gasteiger partial charge in [0, 0.05) is 44.7 Å². The normalized spacial score (nSPS) is 11.5. The van der Waals surface area contributed by atoms with Crippen molar-refractivity contribution < 1.29 is 0 Å². The van der Waals surface area contributed by atoms with Crippen LogP contribution in [0.4, 0.5) is 0 Å². The summed E-state index contributed by atoms with van der Waals surface area (Å²) in [5.74, 6) is 0. The molecular weight excluding hydrogens is 657 g/mol. The van der Waals surface area contributed by atoms with Crippen LogP contribution in [-0.2, 0) is 0 Å². The number of nitrogens with zero attached hydrogens (tertiary/aromatic N) is 4. The highest BCUT2D eigenvalue weighted by atomic mass is 15.0. The molecule has 254 valence electrons. The highest BCUT2D eigenvalue weighted by molar-refractivity contribution is 6.10. The number of nitriles is 1. The maximum Gasteiger partial charge on any atom is 0.0991 e. The molecule has 0 unspecified atom stereocenters. The highest BCUT2D eigenvalue weighted by Gasteiger charge is 2.16. The molecule has 10 aromatic rings. The zero-order valence-electron chi connectivity index (χ0n) is 30.0. The number of rotatable bonds is 5. The lowest BCUT2D eigenvalue weighted by atomic mass is 9.95. The maximum absolute atomic E-state index is 9.62. The zero-order chi connectivity index (χ0) is 36.3. The van der Waals surface area contributed by atoms with Crippen molar-refractivity contribution in [2.24, 2.45) is 0 Å². The van der Waals surface area contributed by atoms with E-state index in [0.29, 0.717) is 5.56 Å². The van der Waals surface area contributed by atoms with E-state index >= 15 is 0 Å². The van der Waals surface area contributed by atoms with Crippen LogP contribution in [-0.4, -0.2) is 14.1 Å². The summed E-state index contributed by atoms with van der Waals surface area (Å²) in [6.45, 7) is 4.35. The van der Waals surface area contributed by atoms with Gasteiger partial charge in [-0.3, -0.25) is 4.98 Å². The van der Waals surface area contributed by atoms with E-state index in [-0.39, 0.29) is 0 Å². The van der Waals surface area contributed by atoms with E-state index in [9.17, 15) is 5.26 Å². The van der Waals surface area contributed by atoms with Crippen molar-refractivity contribution in [1.82, 2.24) is 14.1 Å². The van der Waals surface area contributed by atoms with Gasteiger partial charge in [-0.15, -0.1) is 0 Å². The number of pyridine rings is 1. The Balaban J connectivity index is 1.05. The maximum atomic E-state index is 9.62. The molecule has 0 atom stereocenters. The fraction of sp³-hybridized carbons (Fsp3) is 0.0400. The van der Waals surface area contributed by atoms with E-state index in [4.69, 9.17) is 4.98 Å². The highest BCUT2D eigenvalue weighted by Crippen LogP contribution is 2.37. The molecule has 0 fully saturated rings. The molecule has 0 saturated heterocycles. The quantitative estimate of drug-likeness (QED) is 0.180. The third-order valence-electron chi connectivity index (χ3n) is 10.9. The molecule has 7 aromatic carbocycles. The largest absolute Gasteiger partial charge is 0.309 e. The third-order valence-corrected chi connectivity index (χ3v) is 10.9. The molecule has 0 amide bonds. The summed E-state index contributed by atoms with van der Waals surface area (Å²) in [5.41, 5.74) is 16.5. The van der Waals surface area contributed by atoms with Crippen LogP contribution < -0.4 is 0 Å². The van der Waals surface area contributed by atoms with Crippen molar-refractivity contribution in [3.63, 3.8) is 0 Å². The van der Waals surface area contributed by atoms with Crippen LogP contribution in [0, 0.1) is 25.2 Å². The molecule has 0 aliphatic heterocycles. The fourth-order valence-corrected chi connectivity index (χ4v) is 8.24. The topological polar surface area (TPSA) is 46.5 Å². The summed E-state index contributed by atoms with van der Waals surface area (Å²) in [4.78, 5) is 4.88. The van der Waals surface area contributed by atoms with Crippen LogP contribution in [0.1, 0.15) is 16.7 Å². The second-order valence-electron chi connectivity index (χ2n) is 14.1. The van der Waals surface area contributed by atoms with Crippen molar-refractivity contribution >= 4 is 43.6 Å². The first-order valence-electron chi connectivity index (χ1n) is 18.3. The Morgan fingerprint density at radius 1 is 0.444 bits per heavy atom. The van der Waals surface area contributed by atoms with Crippen LogP contribution >= 0.6 is 0 Å². The molecular formula is C50H34N4. The summed E-state index contributed by atoms with van der Waals surface area (Å²) in [6, 6.07) is 60.5.